The molecule has 0 aliphatic rings. The fourth-order valence-electron chi connectivity index (χ4n) is 1.36. The number of hydrogen-bond acceptors (Lipinski definition) is 3. The van der Waals surface area contributed by atoms with E-state index >= 15 is 0 Å². The van der Waals surface area contributed by atoms with E-state index in [1.54, 1.807) is 6.92 Å². The van der Waals surface area contributed by atoms with Gasteiger partial charge in [-0.25, -0.2) is 0 Å². The van der Waals surface area contributed by atoms with Crippen molar-refractivity contribution >= 4 is 0 Å². The van der Waals surface area contributed by atoms with Gasteiger partial charge < -0.3 is 15.3 Å². The van der Waals surface area contributed by atoms with Crippen LogP contribution in [0.3, 0.4) is 0 Å². The van der Waals surface area contributed by atoms with Gasteiger partial charge in [0.25, 0.3) is 0 Å². The van der Waals surface area contributed by atoms with Crippen molar-refractivity contribution in [1.82, 2.24) is 0 Å². The summed E-state index contributed by atoms with van der Waals surface area (Å²) in [7, 11) is 0. The predicted molar refractivity (Wildman–Crippen MR) is 52.5 cm³/mol. The Morgan fingerprint density at radius 3 is 2.08 bits per heavy atom. The molecule has 0 bridgehead atoms. The highest BCUT2D eigenvalue weighted by atomic mass is 16.3. The van der Waals surface area contributed by atoms with Gasteiger partial charge in [0.15, 0.2) is 0 Å². The predicted octanol–water partition coefficient (Wildman–Crippen LogP) is 1.06. The van der Waals surface area contributed by atoms with E-state index in [-0.39, 0.29) is 0 Å². The topological polar surface area (TPSA) is 60.7 Å². The molecular formula is C10H22O3. The first-order chi connectivity index (χ1) is 6.06. The lowest BCUT2D eigenvalue weighted by Crippen LogP contribution is -2.21. The van der Waals surface area contributed by atoms with Crippen molar-refractivity contribution in [2.75, 3.05) is 0 Å². The SMILES string of the molecule is CCCCC(O)CC(O)CC(C)O. The molecular weight excluding hydrogens is 168 g/mol. The quantitative estimate of drug-likeness (QED) is 0.562. The Kier molecular flexibility index (Phi) is 7.23. The summed E-state index contributed by atoms with van der Waals surface area (Å²) in [5.74, 6) is 0. The number of hydrogen-bond donors (Lipinski definition) is 3. The second-order valence-electron chi connectivity index (χ2n) is 3.77. The zero-order valence-electron chi connectivity index (χ0n) is 8.61. The number of aliphatic hydroxyl groups is 3. The van der Waals surface area contributed by atoms with Crippen molar-refractivity contribution in [3.05, 3.63) is 0 Å². The van der Waals surface area contributed by atoms with E-state index in [9.17, 15) is 10.2 Å². The molecule has 0 aliphatic carbocycles. The first-order valence-corrected chi connectivity index (χ1v) is 5.10. The normalized spacial score (nSPS) is 18.2. The van der Waals surface area contributed by atoms with Crippen molar-refractivity contribution < 1.29 is 15.3 Å². The molecule has 0 radical (unpaired) electrons. The second-order valence-corrected chi connectivity index (χ2v) is 3.77. The molecule has 13 heavy (non-hydrogen) atoms. The van der Waals surface area contributed by atoms with Gasteiger partial charge in [0, 0.05) is 0 Å². The minimum Gasteiger partial charge on any atom is -0.393 e. The van der Waals surface area contributed by atoms with E-state index in [1.165, 1.54) is 0 Å². The molecule has 3 unspecified atom stereocenters. The van der Waals surface area contributed by atoms with E-state index < -0.39 is 18.3 Å². The molecule has 3 atom stereocenters. The summed E-state index contributed by atoms with van der Waals surface area (Å²) in [5.41, 5.74) is 0. The molecule has 80 valence electrons. The van der Waals surface area contributed by atoms with E-state index in [2.05, 4.69) is 6.92 Å². The monoisotopic (exact) mass is 190 g/mol. The minimum absolute atomic E-state index is 0.350. The highest BCUT2D eigenvalue weighted by Crippen LogP contribution is 2.10. The molecule has 0 fully saturated rings. The van der Waals surface area contributed by atoms with Crippen LogP contribution in [0.25, 0.3) is 0 Å². The fourth-order valence-corrected chi connectivity index (χ4v) is 1.36. The van der Waals surface area contributed by atoms with Gasteiger partial charge in [-0.2, -0.15) is 0 Å². The highest BCUT2D eigenvalue weighted by molar-refractivity contribution is 4.65. The van der Waals surface area contributed by atoms with Crippen LogP contribution in [0.4, 0.5) is 0 Å². The maximum Gasteiger partial charge on any atom is 0.0589 e. The fraction of sp³-hybridized carbons (Fsp3) is 1.00. The molecule has 0 aromatic carbocycles. The van der Waals surface area contributed by atoms with Crippen LogP contribution in [-0.4, -0.2) is 33.6 Å². The molecule has 3 N–H and O–H groups in total. The second kappa shape index (κ2) is 7.30. The molecule has 0 aromatic heterocycles. The lowest BCUT2D eigenvalue weighted by Gasteiger charge is -2.16. The summed E-state index contributed by atoms with van der Waals surface area (Å²) in [6.07, 6.45) is 2.03. The van der Waals surface area contributed by atoms with Gasteiger partial charge in [0.2, 0.25) is 0 Å². The van der Waals surface area contributed by atoms with Crippen LogP contribution in [0.5, 0.6) is 0 Å². The summed E-state index contributed by atoms with van der Waals surface area (Å²) in [6, 6.07) is 0. The Morgan fingerprint density at radius 1 is 1.00 bits per heavy atom. The number of rotatable bonds is 7. The van der Waals surface area contributed by atoms with Gasteiger partial charge in [-0.3, -0.25) is 0 Å². The van der Waals surface area contributed by atoms with Gasteiger partial charge in [-0.05, 0) is 26.2 Å². The molecule has 0 aromatic rings. The highest BCUT2D eigenvalue weighted by Gasteiger charge is 2.13. The van der Waals surface area contributed by atoms with Crippen LogP contribution < -0.4 is 0 Å². The van der Waals surface area contributed by atoms with Gasteiger partial charge in [-0.1, -0.05) is 19.8 Å². The van der Waals surface area contributed by atoms with Crippen molar-refractivity contribution in [3.63, 3.8) is 0 Å². The summed E-state index contributed by atoms with van der Waals surface area (Å²) in [6.45, 7) is 3.71. The van der Waals surface area contributed by atoms with Crippen LogP contribution in [-0.2, 0) is 0 Å². The molecule has 3 heteroatoms. The smallest absolute Gasteiger partial charge is 0.0589 e. The van der Waals surface area contributed by atoms with Gasteiger partial charge in [0.1, 0.15) is 0 Å². The van der Waals surface area contributed by atoms with Crippen molar-refractivity contribution in [2.45, 2.75) is 64.3 Å². The number of unbranched alkanes of at least 4 members (excludes halogenated alkanes) is 1. The van der Waals surface area contributed by atoms with Crippen molar-refractivity contribution in [2.24, 2.45) is 0 Å². The number of aliphatic hydroxyl groups excluding tert-OH is 3. The third-order valence-electron chi connectivity index (χ3n) is 2.05. The Hall–Kier alpha value is -0.120. The summed E-state index contributed by atoms with van der Waals surface area (Å²) >= 11 is 0. The molecule has 0 rings (SSSR count). The molecule has 0 aliphatic heterocycles. The molecule has 3 nitrogen and oxygen atoms in total. The summed E-state index contributed by atoms with van der Waals surface area (Å²) < 4.78 is 0. The molecule has 0 saturated heterocycles. The molecule has 0 heterocycles. The zero-order valence-corrected chi connectivity index (χ0v) is 8.61. The van der Waals surface area contributed by atoms with Gasteiger partial charge in [0.05, 0.1) is 18.3 Å². The van der Waals surface area contributed by atoms with E-state index in [4.69, 9.17) is 5.11 Å². The summed E-state index contributed by atoms with van der Waals surface area (Å²) in [4.78, 5) is 0. The van der Waals surface area contributed by atoms with E-state index in [0.717, 1.165) is 19.3 Å². The minimum atomic E-state index is -0.577. The summed E-state index contributed by atoms with van der Waals surface area (Å²) in [5, 5.41) is 27.8. The molecule has 0 spiro atoms. The van der Waals surface area contributed by atoms with Crippen LogP contribution in [0.2, 0.25) is 0 Å². The van der Waals surface area contributed by atoms with Crippen LogP contribution in [0, 0.1) is 0 Å². The van der Waals surface area contributed by atoms with Crippen LogP contribution in [0.15, 0.2) is 0 Å². The third kappa shape index (κ3) is 8.22. The Bertz CT molecular complexity index is 115. The van der Waals surface area contributed by atoms with Gasteiger partial charge in [-0.15, -0.1) is 0 Å². The molecule has 0 amide bonds. The lowest BCUT2D eigenvalue weighted by molar-refractivity contribution is 0.0416. The van der Waals surface area contributed by atoms with Crippen molar-refractivity contribution in [1.29, 1.82) is 0 Å². The van der Waals surface area contributed by atoms with E-state index in [0.29, 0.717) is 12.8 Å². The van der Waals surface area contributed by atoms with Crippen LogP contribution in [0.1, 0.15) is 46.0 Å². The Morgan fingerprint density at radius 2 is 1.62 bits per heavy atom. The lowest BCUT2D eigenvalue weighted by atomic mass is 10.0. The zero-order chi connectivity index (χ0) is 10.3. The first kappa shape index (κ1) is 12.9. The average Bonchev–Trinajstić information content (AvgIpc) is 1.98. The third-order valence-corrected chi connectivity index (χ3v) is 2.05. The average molecular weight is 190 g/mol. The molecule has 0 saturated carbocycles. The Labute approximate surface area is 80.4 Å². The van der Waals surface area contributed by atoms with Crippen LogP contribution >= 0.6 is 0 Å². The maximum absolute atomic E-state index is 9.42. The first-order valence-electron chi connectivity index (χ1n) is 5.10. The van der Waals surface area contributed by atoms with Gasteiger partial charge >= 0.3 is 0 Å². The maximum atomic E-state index is 9.42. The standard InChI is InChI=1S/C10H22O3/c1-3-4-5-9(12)7-10(13)6-8(2)11/h8-13H,3-7H2,1-2H3. The van der Waals surface area contributed by atoms with E-state index in [1.807, 2.05) is 0 Å². The van der Waals surface area contributed by atoms with Crippen molar-refractivity contribution in [3.8, 4) is 0 Å². The largest absolute Gasteiger partial charge is 0.393 e. The Balaban J connectivity index is 3.46.